The summed E-state index contributed by atoms with van der Waals surface area (Å²) >= 11 is 0. The molecule has 0 saturated heterocycles. The molecule has 0 aliphatic carbocycles. The fourth-order valence-electron chi connectivity index (χ4n) is 1.29. The van der Waals surface area contributed by atoms with Crippen molar-refractivity contribution in [2.24, 2.45) is 5.14 Å². The Morgan fingerprint density at radius 1 is 1.32 bits per heavy atom. The van der Waals surface area contributed by atoms with E-state index in [9.17, 15) is 13.2 Å². The van der Waals surface area contributed by atoms with E-state index in [1.165, 1.54) is 0 Å². The highest BCUT2D eigenvalue weighted by molar-refractivity contribution is 7.89. The van der Waals surface area contributed by atoms with Crippen molar-refractivity contribution in [1.29, 1.82) is 0 Å². The maximum Gasteiger partial charge on any atom is 0.223 e. The third-order valence-corrected chi connectivity index (χ3v) is 2.99. The third-order valence-electron chi connectivity index (χ3n) is 2.21. The maximum absolute atomic E-state index is 11.3. The summed E-state index contributed by atoms with van der Waals surface area (Å²) in [7, 11) is -3.55. The Labute approximate surface area is 112 Å². The van der Waals surface area contributed by atoms with Crippen LogP contribution in [0.25, 0.3) is 0 Å². The highest BCUT2D eigenvalue weighted by Crippen LogP contribution is 2.19. The van der Waals surface area contributed by atoms with E-state index in [-0.39, 0.29) is 31.2 Å². The molecule has 5 N–H and O–H groups in total. The van der Waals surface area contributed by atoms with E-state index in [0.29, 0.717) is 11.4 Å². The Balaban J connectivity index is 2.23. The normalized spacial score (nSPS) is 11.0. The number of nitrogens with one attached hydrogen (secondary N) is 1. The number of benzene rings is 1. The van der Waals surface area contributed by atoms with Gasteiger partial charge in [0, 0.05) is 6.54 Å². The molecule has 1 aromatic carbocycles. The lowest BCUT2D eigenvalue weighted by atomic mass is 10.3. The van der Waals surface area contributed by atoms with Crippen LogP contribution >= 0.6 is 0 Å². The number of ether oxygens (including phenoxy) is 1. The second kappa shape index (κ2) is 6.95. The number of amides is 1. The van der Waals surface area contributed by atoms with Crippen LogP contribution in [0.1, 0.15) is 6.42 Å². The molecule has 0 saturated carbocycles. The molecule has 0 spiro atoms. The molecule has 1 amide bonds. The van der Waals surface area contributed by atoms with Crippen LogP contribution in [0, 0.1) is 0 Å². The van der Waals surface area contributed by atoms with Gasteiger partial charge in [-0.15, -0.1) is 0 Å². The summed E-state index contributed by atoms with van der Waals surface area (Å²) in [4.78, 5) is 11.3. The van der Waals surface area contributed by atoms with E-state index in [1.54, 1.807) is 24.3 Å². The van der Waals surface area contributed by atoms with Crippen LogP contribution < -0.4 is 20.9 Å². The fourth-order valence-corrected chi connectivity index (χ4v) is 1.67. The summed E-state index contributed by atoms with van der Waals surface area (Å²) in [6, 6.07) is 6.95. The molecule has 106 valence electrons. The first-order valence-electron chi connectivity index (χ1n) is 5.63. The Bertz CT molecular complexity index is 530. The number of sulfonamides is 1. The smallest absolute Gasteiger partial charge is 0.223 e. The van der Waals surface area contributed by atoms with Crippen LogP contribution in [-0.4, -0.2) is 33.2 Å². The summed E-state index contributed by atoms with van der Waals surface area (Å²) in [5.74, 6) is -0.0800. The quantitative estimate of drug-likeness (QED) is 0.580. The number of carbonyl (C=O) groups excluding carboxylic acids is 1. The van der Waals surface area contributed by atoms with Crippen molar-refractivity contribution in [2.75, 3.05) is 24.6 Å². The minimum atomic E-state index is -3.55. The standard InChI is InChI=1S/C11H17N3O4S/c12-9-3-1-2-4-10(9)18-7-5-11(15)14-6-8-19(13,16)17/h1-4H,5-8,12H2,(H,14,15)(H2,13,16,17). The van der Waals surface area contributed by atoms with Crippen molar-refractivity contribution in [3.8, 4) is 5.75 Å². The van der Waals surface area contributed by atoms with Gasteiger partial charge < -0.3 is 15.8 Å². The van der Waals surface area contributed by atoms with Gasteiger partial charge in [0.2, 0.25) is 15.9 Å². The number of primary sulfonamides is 1. The summed E-state index contributed by atoms with van der Waals surface area (Å²) in [5.41, 5.74) is 6.16. The molecule has 1 rings (SSSR count). The van der Waals surface area contributed by atoms with E-state index >= 15 is 0 Å². The van der Waals surface area contributed by atoms with Crippen molar-refractivity contribution < 1.29 is 17.9 Å². The minimum absolute atomic E-state index is 0.00879. The number of anilines is 1. The largest absolute Gasteiger partial charge is 0.491 e. The number of carbonyl (C=O) groups is 1. The molecule has 7 nitrogen and oxygen atoms in total. The highest BCUT2D eigenvalue weighted by Gasteiger charge is 2.06. The molecule has 0 heterocycles. The van der Waals surface area contributed by atoms with Gasteiger partial charge in [0.1, 0.15) is 5.75 Å². The van der Waals surface area contributed by atoms with E-state index < -0.39 is 10.0 Å². The second-order valence-corrected chi connectivity index (χ2v) is 5.59. The van der Waals surface area contributed by atoms with Gasteiger partial charge in [-0.2, -0.15) is 0 Å². The zero-order valence-electron chi connectivity index (χ0n) is 10.3. The van der Waals surface area contributed by atoms with Gasteiger partial charge in [-0.1, -0.05) is 12.1 Å². The summed E-state index contributed by atoms with van der Waals surface area (Å²) in [6.07, 6.45) is 0.110. The fraction of sp³-hybridized carbons (Fsp3) is 0.364. The van der Waals surface area contributed by atoms with Gasteiger partial charge in [-0.05, 0) is 12.1 Å². The van der Waals surface area contributed by atoms with Crippen LogP contribution in [0.15, 0.2) is 24.3 Å². The van der Waals surface area contributed by atoms with E-state index in [0.717, 1.165) is 0 Å². The molecule has 0 bridgehead atoms. The van der Waals surface area contributed by atoms with Gasteiger partial charge >= 0.3 is 0 Å². The second-order valence-electron chi connectivity index (χ2n) is 3.85. The molecule has 0 aliphatic rings. The first-order valence-corrected chi connectivity index (χ1v) is 7.34. The average molecular weight is 287 g/mol. The molecule has 0 atom stereocenters. The van der Waals surface area contributed by atoms with E-state index in [1.807, 2.05) is 0 Å². The SMILES string of the molecule is Nc1ccccc1OCCC(=O)NCCS(N)(=O)=O. The van der Waals surface area contributed by atoms with E-state index in [2.05, 4.69) is 5.32 Å². The van der Waals surface area contributed by atoms with Crippen LogP contribution in [0.4, 0.5) is 5.69 Å². The highest BCUT2D eigenvalue weighted by atomic mass is 32.2. The Hall–Kier alpha value is -1.80. The number of rotatable bonds is 7. The predicted octanol–water partition coefficient (Wildman–Crippen LogP) is -0.558. The molecule has 0 fully saturated rings. The van der Waals surface area contributed by atoms with E-state index in [4.69, 9.17) is 15.6 Å². The number of nitrogens with two attached hydrogens (primary N) is 2. The van der Waals surface area contributed by atoms with Crippen molar-refractivity contribution in [3.63, 3.8) is 0 Å². The minimum Gasteiger partial charge on any atom is -0.491 e. The summed E-state index contributed by atoms with van der Waals surface area (Å²) in [5, 5.41) is 7.23. The Kier molecular flexibility index (Phi) is 5.58. The van der Waals surface area contributed by atoms with Crippen molar-refractivity contribution in [1.82, 2.24) is 5.32 Å². The monoisotopic (exact) mass is 287 g/mol. The molecule has 0 unspecified atom stereocenters. The molecule has 0 radical (unpaired) electrons. The molecule has 0 aromatic heterocycles. The lowest BCUT2D eigenvalue weighted by Gasteiger charge is -2.08. The zero-order valence-corrected chi connectivity index (χ0v) is 11.2. The van der Waals surface area contributed by atoms with Crippen LogP contribution in [-0.2, 0) is 14.8 Å². The predicted molar refractivity (Wildman–Crippen MR) is 72.0 cm³/mol. The van der Waals surface area contributed by atoms with Crippen molar-refractivity contribution in [3.05, 3.63) is 24.3 Å². The molecule has 19 heavy (non-hydrogen) atoms. The maximum atomic E-state index is 11.3. The van der Waals surface area contributed by atoms with Gasteiger partial charge in [0.05, 0.1) is 24.5 Å². The van der Waals surface area contributed by atoms with Crippen LogP contribution in [0.5, 0.6) is 5.75 Å². The molecular weight excluding hydrogens is 270 g/mol. The van der Waals surface area contributed by atoms with Gasteiger partial charge in [-0.25, -0.2) is 13.6 Å². The lowest BCUT2D eigenvalue weighted by Crippen LogP contribution is -2.32. The molecular formula is C11H17N3O4S. The topological polar surface area (TPSA) is 125 Å². The molecule has 0 aliphatic heterocycles. The van der Waals surface area contributed by atoms with Gasteiger partial charge in [0.15, 0.2) is 0 Å². The van der Waals surface area contributed by atoms with Crippen molar-refractivity contribution in [2.45, 2.75) is 6.42 Å². The van der Waals surface area contributed by atoms with Crippen LogP contribution in [0.3, 0.4) is 0 Å². The van der Waals surface area contributed by atoms with Crippen molar-refractivity contribution >= 4 is 21.6 Å². The number of hydrogen-bond donors (Lipinski definition) is 3. The number of para-hydroxylation sites is 2. The number of hydrogen-bond acceptors (Lipinski definition) is 5. The molecule has 8 heteroatoms. The average Bonchev–Trinajstić information content (AvgIpc) is 2.30. The van der Waals surface area contributed by atoms with Gasteiger partial charge in [-0.3, -0.25) is 4.79 Å². The Morgan fingerprint density at radius 2 is 2.00 bits per heavy atom. The molecule has 1 aromatic rings. The first kappa shape index (κ1) is 15.3. The van der Waals surface area contributed by atoms with Crippen LogP contribution in [0.2, 0.25) is 0 Å². The number of nitrogen functional groups attached to an aromatic ring is 1. The first-order chi connectivity index (χ1) is 8.88. The summed E-state index contributed by atoms with van der Waals surface area (Å²) in [6.45, 7) is 0.153. The third kappa shape index (κ3) is 6.63. The zero-order chi connectivity index (χ0) is 14.3. The lowest BCUT2D eigenvalue weighted by molar-refractivity contribution is -0.121. The van der Waals surface area contributed by atoms with Gasteiger partial charge in [0.25, 0.3) is 0 Å². The summed E-state index contributed by atoms with van der Waals surface area (Å²) < 4.78 is 26.6. The Morgan fingerprint density at radius 3 is 2.63 bits per heavy atom.